The Bertz CT molecular complexity index is 925. The monoisotopic (exact) mass is 320 g/mol. The van der Waals surface area contributed by atoms with Crippen molar-refractivity contribution < 1.29 is 10.0 Å². The quantitative estimate of drug-likeness (QED) is 0.671. The van der Waals surface area contributed by atoms with E-state index >= 15 is 0 Å². The molecule has 0 radical (unpaired) electrons. The van der Waals surface area contributed by atoms with Crippen molar-refractivity contribution in [2.75, 3.05) is 11.4 Å². The summed E-state index contributed by atoms with van der Waals surface area (Å²) in [5.74, 6) is 0.0318. The third kappa shape index (κ3) is 2.38. The Morgan fingerprint density at radius 3 is 2.58 bits per heavy atom. The molecule has 1 aliphatic rings. The predicted molar refractivity (Wildman–Crippen MR) is 86.0 cm³/mol. The topological polar surface area (TPSA) is 114 Å². The second kappa shape index (κ2) is 5.90. The Labute approximate surface area is 137 Å². The molecule has 0 spiro atoms. The molecule has 0 bridgehead atoms. The van der Waals surface area contributed by atoms with Gasteiger partial charge in [-0.3, -0.25) is 10.1 Å². The summed E-state index contributed by atoms with van der Waals surface area (Å²) in [6, 6.07) is 11.3. The highest BCUT2D eigenvalue weighted by Gasteiger charge is 2.28. The van der Waals surface area contributed by atoms with E-state index in [0.29, 0.717) is 12.2 Å². The van der Waals surface area contributed by atoms with E-state index < -0.39 is 4.92 Å². The average Bonchev–Trinajstić information content (AvgIpc) is 2.60. The summed E-state index contributed by atoms with van der Waals surface area (Å²) in [7, 11) is 0. The van der Waals surface area contributed by atoms with E-state index in [-0.39, 0.29) is 28.3 Å². The van der Waals surface area contributed by atoms with Crippen LogP contribution in [0.2, 0.25) is 0 Å². The first-order chi connectivity index (χ1) is 11.6. The number of nitrogens with zero attached hydrogens (tertiary/aromatic N) is 4. The zero-order chi connectivity index (χ0) is 17.3. The first kappa shape index (κ1) is 15.3. The van der Waals surface area contributed by atoms with Gasteiger partial charge >= 0.3 is 0 Å². The Morgan fingerprint density at radius 1 is 1.21 bits per heavy atom. The highest BCUT2D eigenvalue weighted by Crippen LogP contribution is 2.43. The molecular weight excluding hydrogens is 308 g/mol. The minimum absolute atomic E-state index is 0.0318. The van der Waals surface area contributed by atoms with Crippen LogP contribution in [0.15, 0.2) is 30.3 Å². The summed E-state index contributed by atoms with van der Waals surface area (Å²) in [5.41, 5.74) is 1.38. The number of phenolic OH excluding ortho intramolecular Hbond substituents is 1. The molecular formula is C17H12N4O3. The normalized spacial score (nSPS) is 12.8. The second-order valence-corrected chi connectivity index (χ2v) is 5.41. The maximum atomic E-state index is 11.5. The smallest absolute Gasteiger partial charge is 0.294 e. The Morgan fingerprint density at radius 2 is 1.92 bits per heavy atom. The van der Waals surface area contributed by atoms with Crippen LogP contribution in [0.3, 0.4) is 0 Å². The first-order valence-electron chi connectivity index (χ1n) is 7.28. The lowest BCUT2D eigenvalue weighted by molar-refractivity contribution is -0.384. The Balaban J connectivity index is 2.27. The molecule has 0 amide bonds. The first-order valence-corrected chi connectivity index (χ1v) is 7.28. The van der Waals surface area contributed by atoms with Crippen molar-refractivity contribution in [3.63, 3.8) is 0 Å². The molecule has 0 saturated heterocycles. The van der Waals surface area contributed by atoms with Gasteiger partial charge in [-0.1, -0.05) is 12.1 Å². The number of anilines is 2. The summed E-state index contributed by atoms with van der Waals surface area (Å²) < 4.78 is 0. The standard InChI is InChI=1S/C17H12N4O3/c18-9-12-7-14(15(21(23)24)8-13(12)10-19)20-6-2-4-11-3-1-5-16(22)17(11)20/h1,3,5,7-8,22H,2,4,6H2. The van der Waals surface area contributed by atoms with Crippen molar-refractivity contribution in [1.82, 2.24) is 0 Å². The lowest BCUT2D eigenvalue weighted by Crippen LogP contribution is -2.25. The van der Waals surface area contributed by atoms with E-state index in [0.717, 1.165) is 24.5 Å². The van der Waals surface area contributed by atoms with Crippen LogP contribution >= 0.6 is 0 Å². The molecule has 7 heteroatoms. The predicted octanol–water partition coefficient (Wildman–Crippen LogP) is 3.13. The largest absolute Gasteiger partial charge is 0.506 e. The molecule has 1 N–H and O–H groups in total. The molecule has 118 valence electrons. The molecule has 2 aromatic carbocycles. The van der Waals surface area contributed by atoms with Gasteiger partial charge in [-0.05, 0) is 30.5 Å². The number of rotatable bonds is 2. The highest BCUT2D eigenvalue weighted by atomic mass is 16.6. The maximum absolute atomic E-state index is 11.5. The summed E-state index contributed by atoms with van der Waals surface area (Å²) in [6.45, 7) is 0.474. The van der Waals surface area contributed by atoms with Crippen molar-refractivity contribution in [3.05, 3.63) is 57.1 Å². The van der Waals surface area contributed by atoms with E-state index in [1.807, 2.05) is 18.2 Å². The van der Waals surface area contributed by atoms with Crippen LogP contribution in [0.1, 0.15) is 23.1 Å². The number of nitro benzene ring substituents is 1. The van der Waals surface area contributed by atoms with Crippen molar-refractivity contribution in [2.24, 2.45) is 0 Å². The molecule has 1 aliphatic heterocycles. The Hall–Kier alpha value is -3.58. The number of fused-ring (bicyclic) bond motifs is 1. The minimum Gasteiger partial charge on any atom is -0.506 e. The molecule has 2 aromatic rings. The van der Waals surface area contributed by atoms with Gasteiger partial charge in [0.25, 0.3) is 5.69 Å². The van der Waals surface area contributed by atoms with Crippen molar-refractivity contribution in [1.29, 1.82) is 10.5 Å². The molecule has 3 rings (SSSR count). The number of aryl methyl sites for hydroxylation is 1. The number of benzene rings is 2. The lowest BCUT2D eigenvalue weighted by Gasteiger charge is -2.31. The fraction of sp³-hybridized carbons (Fsp3) is 0.176. The number of para-hydroxylation sites is 1. The van der Waals surface area contributed by atoms with Crippen molar-refractivity contribution in [2.45, 2.75) is 12.8 Å². The molecule has 0 unspecified atom stereocenters. The van der Waals surface area contributed by atoms with Crippen LogP contribution < -0.4 is 4.90 Å². The molecule has 1 heterocycles. The number of aromatic hydroxyl groups is 1. The highest BCUT2D eigenvalue weighted by molar-refractivity contribution is 5.80. The van der Waals surface area contributed by atoms with E-state index in [1.165, 1.54) is 12.1 Å². The Kier molecular flexibility index (Phi) is 3.77. The van der Waals surface area contributed by atoms with Crippen LogP contribution in [0.25, 0.3) is 0 Å². The summed E-state index contributed by atoms with van der Waals surface area (Å²) in [4.78, 5) is 12.5. The zero-order valence-electron chi connectivity index (χ0n) is 12.6. The molecule has 0 saturated carbocycles. The van der Waals surface area contributed by atoms with Gasteiger partial charge in [0.1, 0.15) is 23.6 Å². The zero-order valence-corrected chi connectivity index (χ0v) is 12.6. The third-order valence-corrected chi connectivity index (χ3v) is 4.04. The van der Waals surface area contributed by atoms with E-state index in [9.17, 15) is 20.5 Å². The molecule has 7 nitrogen and oxygen atoms in total. The van der Waals surface area contributed by atoms with Gasteiger partial charge < -0.3 is 10.0 Å². The van der Waals surface area contributed by atoms with Gasteiger partial charge in [0.15, 0.2) is 0 Å². The van der Waals surface area contributed by atoms with Crippen molar-refractivity contribution in [3.8, 4) is 17.9 Å². The lowest BCUT2D eigenvalue weighted by atomic mass is 9.98. The average molecular weight is 320 g/mol. The number of hydrogen-bond donors (Lipinski definition) is 1. The fourth-order valence-corrected chi connectivity index (χ4v) is 3.00. The summed E-state index contributed by atoms with van der Waals surface area (Å²) >= 11 is 0. The number of nitriles is 2. The van der Waals surface area contributed by atoms with E-state index in [2.05, 4.69) is 0 Å². The van der Waals surface area contributed by atoms with Crippen molar-refractivity contribution >= 4 is 17.1 Å². The van der Waals surface area contributed by atoms with Crippen LogP contribution in [0, 0.1) is 32.8 Å². The molecule has 0 aromatic heterocycles. The van der Waals surface area contributed by atoms with Gasteiger partial charge in [-0.15, -0.1) is 0 Å². The molecule has 0 atom stereocenters. The number of hydrogen-bond acceptors (Lipinski definition) is 6. The number of nitro groups is 1. The fourth-order valence-electron chi connectivity index (χ4n) is 3.00. The molecule has 24 heavy (non-hydrogen) atoms. The van der Waals surface area contributed by atoms with Crippen LogP contribution in [0.4, 0.5) is 17.1 Å². The summed E-state index contributed by atoms with van der Waals surface area (Å²) in [5, 5.41) is 40.0. The molecule has 0 fully saturated rings. The van der Waals surface area contributed by atoms with E-state index in [4.69, 9.17) is 5.26 Å². The van der Waals surface area contributed by atoms with Crippen LogP contribution in [-0.2, 0) is 6.42 Å². The van der Waals surface area contributed by atoms with Gasteiger partial charge in [-0.25, -0.2) is 0 Å². The third-order valence-electron chi connectivity index (χ3n) is 4.04. The van der Waals surface area contributed by atoms with E-state index in [1.54, 1.807) is 11.0 Å². The van der Waals surface area contributed by atoms with Gasteiger partial charge in [0.05, 0.1) is 21.7 Å². The molecule has 0 aliphatic carbocycles. The van der Waals surface area contributed by atoms with Gasteiger partial charge in [0.2, 0.25) is 0 Å². The van der Waals surface area contributed by atoms with Crippen LogP contribution in [0.5, 0.6) is 5.75 Å². The summed E-state index contributed by atoms with van der Waals surface area (Å²) in [6.07, 6.45) is 1.52. The van der Waals surface area contributed by atoms with Gasteiger partial charge in [0, 0.05) is 12.6 Å². The van der Waals surface area contributed by atoms with Crippen LogP contribution in [-0.4, -0.2) is 16.6 Å². The van der Waals surface area contributed by atoms with Gasteiger partial charge in [-0.2, -0.15) is 10.5 Å². The second-order valence-electron chi connectivity index (χ2n) is 5.41. The minimum atomic E-state index is -0.578. The maximum Gasteiger partial charge on any atom is 0.294 e. The SMILES string of the molecule is N#Cc1cc(N2CCCc3cccc(O)c32)c([N+](=O)[O-])cc1C#N. The number of phenols is 1.